The largest absolute Gasteiger partial charge is 0.497 e. The quantitative estimate of drug-likeness (QED) is 0.595. The third-order valence-electron chi connectivity index (χ3n) is 3.87. The minimum atomic E-state index is -0.350. The number of benzene rings is 1. The first-order valence-corrected chi connectivity index (χ1v) is 8.68. The summed E-state index contributed by atoms with van der Waals surface area (Å²) in [6.45, 7) is 0.438. The average molecular weight is 380 g/mol. The third kappa shape index (κ3) is 5.16. The van der Waals surface area contributed by atoms with Gasteiger partial charge in [0, 0.05) is 24.0 Å². The van der Waals surface area contributed by atoms with E-state index in [0.717, 1.165) is 16.0 Å². The lowest BCUT2D eigenvalue weighted by molar-refractivity contribution is -0.122. The molecule has 0 radical (unpaired) electrons. The number of rotatable bonds is 8. The van der Waals surface area contributed by atoms with Gasteiger partial charge in [0.05, 0.1) is 19.3 Å². The van der Waals surface area contributed by atoms with Gasteiger partial charge in [-0.05, 0) is 42.5 Å². The molecule has 0 spiro atoms. The number of methoxy groups -OCH3 is 1. The molecular weight excluding hydrogens is 360 g/mol. The van der Waals surface area contributed by atoms with Crippen molar-refractivity contribution in [2.24, 2.45) is 0 Å². The van der Waals surface area contributed by atoms with Crippen LogP contribution in [-0.4, -0.2) is 40.9 Å². The van der Waals surface area contributed by atoms with Gasteiger partial charge in [0.2, 0.25) is 5.91 Å². The Bertz CT molecular complexity index is 972. The lowest BCUT2D eigenvalue weighted by Crippen LogP contribution is -2.35. The van der Waals surface area contributed by atoms with E-state index >= 15 is 0 Å². The second kappa shape index (κ2) is 9.31. The molecule has 0 saturated heterocycles. The highest BCUT2D eigenvalue weighted by molar-refractivity contribution is 5.75. The van der Waals surface area contributed by atoms with Crippen molar-refractivity contribution in [3.05, 3.63) is 71.3 Å². The summed E-state index contributed by atoms with van der Waals surface area (Å²) in [5.74, 6) is 1.10. The number of nitrogens with zero attached hydrogens (tertiary/aromatic N) is 3. The first-order valence-electron chi connectivity index (χ1n) is 8.68. The molecule has 0 bridgehead atoms. The van der Waals surface area contributed by atoms with Crippen molar-refractivity contribution in [1.82, 2.24) is 20.1 Å². The third-order valence-corrected chi connectivity index (χ3v) is 3.87. The number of nitrogens with one attached hydrogen (secondary N) is 1. The maximum Gasteiger partial charge on any atom is 0.267 e. The zero-order chi connectivity index (χ0) is 19.8. The Morgan fingerprint density at radius 1 is 1.11 bits per heavy atom. The van der Waals surface area contributed by atoms with Crippen molar-refractivity contribution in [2.75, 3.05) is 20.3 Å². The smallest absolute Gasteiger partial charge is 0.267 e. The van der Waals surface area contributed by atoms with Crippen molar-refractivity contribution in [2.45, 2.75) is 6.54 Å². The van der Waals surface area contributed by atoms with E-state index in [4.69, 9.17) is 9.47 Å². The Kier molecular flexibility index (Phi) is 6.35. The highest BCUT2D eigenvalue weighted by atomic mass is 16.5. The molecule has 144 valence electrons. The van der Waals surface area contributed by atoms with Crippen LogP contribution < -0.4 is 20.3 Å². The molecule has 2 heterocycles. The van der Waals surface area contributed by atoms with Crippen LogP contribution in [0.5, 0.6) is 11.5 Å². The fourth-order valence-electron chi connectivity index (χ4n) is 2.45. The molecule has 8 heteroatoms. The van der Waals surface area contributed by atoms with E-state index < -0.39 is 0 Å². The SMILES string of the molecule is COc1ccc(OCCNC(=O)Cn2nc(-c3cccnc3)ccc2=O)cc1. The summed E-state index contributed by atoms with van der Waals surface area (Å²) < 4.78 is 11.8. The van der Waals surface area contributed by atoms with Crippen LogP contribution in [0.2, 0.25) is 0 Å². The molecule has 1 aromatic carbocycles. The molecule has 0 unspecified atom stereocenters. The maximum absolute atomic E-state index is 12.1. The Morgan fingerprint density at radius 2 is 1.89 bits per heavy atom. The number of hydrogen-bond acceptors (Lipinski definition) is 6. The summed E-state index contributed by atoms with van der Waals surface area (Å²) >= 11 is 0. The van der Waals surface area contributed by atoms with Crippen LogP contribution in [0.3, 0.4) is 0 Å². The van der Waals surface area contributed by atoms with Gasteiger partial charge in [-0.1, -0.05) is 0 Å². The lowest BCUT2D eigenvalue weighted by atomic mass is 10.2. The molecule has 1 amide bonds. The van der Waals surface area contributed by atoms with Gasteiger partial charge in [0.15, 0.2) is 0 Å². The molecule has 0 aliphatic rings. The molecule has 0 saturated carbocycles. The number of aromatic nitrogens is 3. The van der Waals surface area contributed by atoms with Crippen molar-refractivity contribution in [1.29, 1.82) is 0 Å². The van der Waals surface area contributed by atoms with E-state index in [1.807, 2.05) is 6.07 Å². The summed E-state index contributed by atoms with van der Waals surface area (Å²) in [6.07, 6.45) is 3.30. The molecule has 8 nitrogen and oxygen atoms in total. The van der Waals surface area contributed by atoms with Crippen molar-refractivity contribution in [3.8, 4) is 22.8 Å². The summed E-state index contributed by atoms with van der Waals surface area (Å²) in [4.78, 5) is 28.1. The van der Waals surface area contributed by atoms with Gasteiger partial charge in [-0.3, -0.25) is 14.6 Å². The number of amides is 1. The van der Waals surface area contributed by atoms with Gasteiger partial charge in [0.1, 0.15) is 24.7 Å². The van der Waals surface area contributed by atoms with E-state index in [-0.39, 0.29) is 18.0 Å². The lowest BCUT2D eigenvalue weighted by Gasteiger charge is -2.09. The standard InChI is InChI=1S/C20H20N4O4/c1-27-16-4-6-17(7-5-16)28-12-11-22-19(25)14-24-20(26)9-8-18(23-24)15-3-2-10-21-13-15/h2-10,13H,11-12,14H2,1H3,(H,22,25). The molecule has 0 atom stereocenters. The first kappa shape index (κ1) is 19.1. The van der Waals surface area contributed by atoms with E-state index in [1.54, 1.807) is 55.9 Å². The number of carbonyl (C=O) groups is 1. The van der Waals surface area contributed by atoms with Gasteiger partial charge < -0.3 is 14.8 Å². The van der Waals surface area contributed by atoms with E-state index in [0.29, 0.717) is 24.6 Å². The second-order valence-electron chi connectivity index (χ2n) is 5.83. The van der Waals surface area contributed by atoms with Crippen molar-refractivity contribution in [3.63, 3.8) is 0 Å². The molecule has 3 aromatic rings. The predicted molar refractivity (Wildman–Crippen MR) is 103 cm³/mol. The van der Waals surface area contributed by atoms with Gasteiger partial charge in [0.25, 0.3) is 5.56 Å². The van der Waals surface area contributed by atoms with Crippen LogP contribution in [0.25, 0.3) is 11.3 Å². The first-order chi connectivity index (χ1) is 13.7. The second-order valence-corrected chi connectivity index (χ2v) is 5.83. The predicted octanol–water partition coefficient (Wildman–Crippen LogP) is 1.51. The monoisotopic (exact) mass is 380 g/mol. The van der Waals surface area contributed by atoms with Crippen molar-refractivity contribution < 1.29 is 14.3 Å². The summed E-state index contributed by atoms with van der Waals surface area (Å²) in [5, 5.41) is 6.94. The van der Waals surface area contributed by atoms with Gasteiger partial charge in [-0.15, -0.1) is 0 Å². The maximum atomic E-state index is 12.1. The molecule has 1 N–H and O–H groups in total. The van der Waals surface area contributed by atoms with Gasteiger partial charge >= 0.3 is 0 Å². The Morgan fingerprint density at radius 3 is 2.61 bits per heavy atom. The molecular formula is C20H20N4O4. The summed E-state index contributed by atoms with van der Waals surface area (Å²) in [5.41, 5.74) is 0.991. The van der Waals surface area contributed by atoms with E-state index in [1.165, 1.54) is 6.07 Å². The average Bonchev–Trinajstić information content (AvgIpc) is 2.74. The van der Waals surface area contributed by atoms with E-state index in [2.05, 4.69) is 15.4 Å². The van der Waals surface area contributed by atoms with Crippen LogP contribution in [0.4, 0.5) is 0 Å². The summed E-state index contributed by atoms with van der Waals surface area (Å²) in [7, 11) is 1.60. The summed E-state index contributed by atoms with van der Waals surface area (Å²) in [6, 6.07) is 13.8. The normalized spacial score (nSPS) is 10.3. The topological polar surface area (TPSA) is 95.3 Å². The molecule has 0 aliphatic carbocycles. The van der Waals surface area contributed by atoms with Crippen LogP contribution in [0, 0.1) is 0 Å². The van der Waals surface area contributed by atoms with Crippen LogP contribution >= 0.6 is 0 Å². The Hall–Kier alpha value is -3.68. The number of carbonyl (C=O) groups excluding carboxylic acids is 1. The van der Waals surface area contributed by atoms with E-state index in [9.17, 15) is 9.59 Å². The number of ether oxygens (including phenoxy) is 2. The zero-order valence-corrected chi connectivity index (χ0v) is 15.4. The highest BCUT2D eigenvalue weighted by Gasteiger charge is 2.08. The van der Waals surface area contributed by atoms with Gasteiger partial charge in [-0.25, -0.2) is 4.68 Å². The minimum absolute atomic E-state index is 0.171. The molecule has 2 aromatic heterocycles. The molecule has 3 rings (SSSR count). The van der Waals surface area contributed by atoms with Crippen LogP contribution in [0.15, 0.2) is 65.7 Å². The Balaban J connectivity index is 1.51. The van der Waals surface area contributed by atoms with Crippen LogP contribution in [-0.2, 0) is 11.3 Å². The zero-order valence-electron chi connectivity index (χ0n) is 15.4. The number of pyridine rings is 1. The van der Waals surface area contributed by atoms with Crippen molar-refractivity contribution >= 4 is 5.91 Å². The highest BCUT2D eigenvalue weighted by Crippen LogP contribution is 2.16. The molecule has 0 fully saturated rings. The molecule has 28 heavy (non-hydrogen) atoms. The fourth-order valence-corrected chi connectivity index (χ4v) is 2.45. The minimum Gasteiger partial charge on any atom is -0.497 e. The molecule has 0 aliphatic heterocycles. The fraction of sp³-hybridized carbons (Fsp3) is 0.200. The number of hydrogen-bond donors (Lipinski definition) is 1. The van der Waals surface area contributed by atoms with Crippen LogP contribution in [0.1, 0.15) is 0 Å². The Labute approximate surface area is 161 Å². The van der Waals surface area contributed by atoms with Gasteiger partial charge in [-0.2, -0.15) is 5.10 Å².